The molecule has 2 N–H and O–H groups in total. The van der Waals surface area contributed by atoms with Crippen molar-refractivity contribution in [2.24, 2.45) is 0 Å². The zero-order valence-corrected chi connectivity index (χ0v) is 11.1. The number of tetrazole rings is 1. The van der Waals surface area contributed by atoms with Gasteiger partial charge in [0, 0.05) is 11.3 Å². The van der Waals surface area contributed by atoms with Crippen LogP contribution in [0.4, 0.5) is 5.69 Å². The van der Waals surface area contributed by atoms with Gasteiger partial charge in [-0.2, -0.15) is 0 Å². The second kappa shape index (κ2) is 5.16. The van der Waals surface area contributed by atoms with E-state index in [-0.39, 0.29) is 0 Å². The van der Waals surface area contributed by atoms with E-state index in [1.165, 1.54) is 0 Å². The third-order valence-electron chi connectivity index (χ3n) is 3.32. The maximum absolute atomic E-state index is 5.94. The Labute approximate surface area is 107 Å². The number of nitrogens with two attached hydrogens (primary N) is 1. The molecule has 0 aliphatic carbocycles. The highest BCUT2D eigenvalue weighted by Gasteiger charge is 2.15. The van der Waals surface area contributed by atoms with Crippen LogP contribution in [0, 0.1) is 6.92 Å². The van der Waals surface area contributed by atoms with Crippen LogP contribution in [0.5, 0.6) is 0 Å². The predicted octanol–water partition coefficient (Wildman–Crippen LogP) is 2.59. The van der Waals surface area contributed by atoms with E-state index < -0.39 is 0 Å². The van der Waals surface area contributed by atoms with Crippen molar-refractivity contribution in [3.8, 4) is 11.4 Å². The molecule has 0 aliphatic heterocycles. The molecule has 0 unspecified atom stereocenters. The van der Waals surface area contributed by atoms with E-state index in [9.17, 15) is 0 Å². The van der Waals surface area contributed by atoms with Crippen LogP contribution in [0.1, 0.15) is 38.3 Å². The monoisotopic (exact) mass is 245 g/mol. The first-order valence-electron chi connectivity index (χ1n) is 6.31. The summed E-state index contributed by atoms with van der Waals surface area (Å²) < 4.78 is 1.89. The van der Waals surface area contributed by atoms with Crippen molar-refractivity contribution in [3.05, 3.63) is 23.8 Å². The predicted molar refractivity (Wildman–Crippen MR) is 72.0 cm³/mol. The van der Waals surface area contributed by atoms with E-state index in [1.54, 1.807) is 0 Å². The molecule has 1 aromatic carbocycles. The van der Waals surface area contributed by atoms with Crippen molar-refractivity contribution in [2.45, 2.75) is 39.7 Å². The molecule has 0 saturated heterocycles. The molecule has 1 heterocycles. The average molecular weight is 245 g/mol. The summed E-state index contributed by atoms with van der Waals surface area (Å²) in [4.78, 5) is 0. The maximum atomic E-state index is 5.94. The Morgan fingerprint density at radius 2 is 2.00 bits per heavy atom. The first-order chi connectivity index (χ1) is 8.67. The van der Waals surface area contributed by atoms with E-state index in [1.807, 2.05) is 29.8 Å². The lowest BCUT2D eigenvalue weighted by molar-refractivity contribution is 0.422. The SMILES string of the molecule is CCC(CC)n1nnnc1-c1ccc(C)c(N)c1. The van der Waals surface area contributed by atoms with E-state index in [2.05, 4.69) is 29.4 Å². The van der Waals surface area contributed by atoms with E-state index in [4.69, 9.17) is 5.73 Å². The molecule has 0 bridgehead atoms. The van der Waals surface area contributed by atoms with Gasteiger partial charge in [-0.05, 0) is 41.8 Å². The van der Waals surface area contributed by atoms with Gasteiger partial charge in [0.15, 0.2) is 5.82 Å². The molecule has 0 spiro atoms. The normalized spacial score (nSPS) is 11.1. The summed E-state index contributed by atoms with van der Waals surface area (Å²) in [6.07, 6.45) is 2.02. The highest BCUT2D eigenvalue weighted by atomic mass is 15.5. The van der Waals surface area contributed by atoms with Crippen LogP contribution in [0.25, 0.3) is 11.4 Å². The lowest BCUT2D eigenvalue weighted by Gasteiger charge is -2.14. The van der Waals surface area contributed by atoms with Crippen LogP contribution in [0.15, 0.2) is 18.2 Å². The van der Waals surface area contributed by atoms with Gasteiger partial charge in [-0.1, -0.05) is 26.0 Å². The molecule has 0 radical (unpaired) electrons. The molecule has 0 fully saturated rings. The lowest BCUT2D eigenvalue weighted by Crippen LogP contribution is -2.10. The number of anilines is 1. The molecule has 2 aromatic rings. The van der Waals surface area contributed by atoms with Crippen molar-refractivity contribution >= 4 is 5.69 Å². The fraction of sp³-hybridized carbons (Fsp3) is 0.462. The largest absolute Gasteiger partial charge is 0.398 e. The fourth-order valence-electron chi connectivity index (χ4n) is 2.04. The van der Waals surface area contributed by atoms with E-state index in [0.717, 1.165) is 35.5 Å². The van der Waals surface area contributed by atoms with Crippen LogP contribution in [0.3, 0.4) is 0 Å². The minimum absolute atomic E-state index is 0.331. The smallest absolute Gasteiger partial charge is 0.182 e. The van der Waals surface area contributed by atoms with Gasteiger partial charge in [0.05, 0.1) is 6.04 Å². The topological polar surface area (TPSA) is 69.6 Å². The first-order valence-corrected chi connectivity index (χ1v) is 6.31. The molecule has 96 valence electrons. The maximum Gasteiger partial charge on any atom is 0.182 e. The Bertz CT molecular complexity index is 528. The van der Waals surface area contributed by atoms with Crippen LogP contribution in [0.2, 0.25) is 0 Å². The Hall–Kier alpha value is -1.91. The quantitative estimate of drug-likeness (QED) is 0.840. The van der Waals surface area contributed by atoms with Crippen molar-refractivity contribution in [1.82, 2.24) is 20.2 Å². The molecule has 0 saturated carbocycles. The van der Waals surface area contributed by atoms with Crippen LogP contribution < -0.4 is 5.73 Å². The summed E-state index contributed by atoms with van der Waals surface area (Å²) in [5.74, 6) is 0.787. The van der Waals surface area contributed by atoms with Crippen LogP contribution in [-0.2, 0) is 0 Å². The number of nitrogen functional groups attached to an aromatic ring is 1. The van der Waals surface area contributed by atoms with Gasteiger partial charge >= 0.3 is 0 Å². The van der Waals surface area contributed by atoms with E-state index >= 15 is 0 Å². The molecule has 0 aliphatic rings. The molecular formula is C13H19N5. The number of hydrogen-bond donors (Lipinski definition) is 1. The van der Waals surface area contributed by atoms with Gasteiger partial charge in [0.2, 0.25) is 0 Å². The zero-order chi connectivity index (χ0) is 13.1. The summed E-state index contributed by atoms with van der Waals surface area (Å²) in [6.45, 7) is 6.27. The highest BCUT2D eigenvalue weighted by Crippen LogP contribution is 2.25. The fourth-order valence-corrected chi connectivity index (χ4v) is 2.04. The summed E-state index contributed by atoms with van der Waals surface area (Å²) in [5.41, 5.74) is 8.75. The molecule has 2 rings (SSSR count). The van der Waals surface area contributed by atoms with Gasteiger partial charge in [-0.3, -0.25) is 0 Å². The van der Waals surface area contributed by atoms with E-state index in [0.29, 0.717) is 6.04 Å². The number of rotatable bonds is 4. The van der Waals surface area contributed by atoms with Gasteiger partial charge in [-0.15, -0.1) is 5.10 Å². The number of aromatic nitrogens is 4. The lowest BCUT2D eigenvalue weighted by atomic mass is 10.1. The zero-order valence-electron chi connectivity index (χ0n) is 11.1. The molecule has 1 aromatic heterocycles. The van der Waals surface area contributed by atoms with Crippen molar-refractivity contribution in [3.63, 3.8) is 0 Å². The van der Waals surface area contributed by atoms with Gasteiger partial charge in [0.25, 0.3) is 0 Å². The average Bonchev–Trinajstić information content (AvgIpc) is 2.83. The van der Waals surface area contributed by atoms with Crippen molar-refractivity contribution in [1.29, 1.82) is 0 Å². The minimum Gasteiger partial charge on any atom is -0.398 e. The standard InChI is InChI=1S/C13H19N5/c1-4-11(5-2)18-13(15-16-17-18)10-7-6-9(3)12(14)8-10/h6-8,11H,4-5,14H2,1-3H3. The number of benzene rings is 1. The molecule has 0 atom stereocenters. The molecule has 18 heavy (non-hydrogen) atoms. The Morgan fingerprint density at radius 3 is 2.61 bits per heavy atom. The molecule has 5 nitrogen and oxygen atoms in total. The third-order valence-corrected chi connectivity index (χ3v) is 3.32. The molecule has 0 amide bonds. The highest BCUT2D eigenvalue weighted by molar-refractivity contribution is 5.63. The van der Waals surface area contributed by atoms with Gasteiger partial charge in [0.1, 0.15) is 0 Å². The van der Waals surface area contributed by atoms with Crippen molar-refractivity contribution < 1.29 is 0 Å². The number of aryl methyl sites for hydroxylation is 1. The van der Waals surface area contributed by atoms with Crippen LogP contribution >= 0.6 is 0 Å². The number of hydrogen-bond acceptors (Lipinski definition) is 4. The first kappa shape index (κ1) is 12.5. The summed E-state index contributed by atoms with van der Waals surface area (Å²) in [5, 5.41) is 12.0. The van der Waals surface area contributed by atoms with Crippen molar-refractivity contribution in [2.75, 3.05) is 5.73 Å². The third kappa shape index (κ3) is 2.20. The molecule has 5 heteroatoms. The summed E-state index contributed by atoms with van der Waals surface area (Å²) >= 11 is 0. The van der Waals surface area contributed by atoms with Gasteiger partial charge in [-0.25, -0.2) is 4.68 Å². The second-order valence-electron chi connectivity index (χ2n) is 4.49. The van der Waals surface area contributed by atoms with Crippen LogP contribution in [-0.4, -0.2) is 20.2 Å². The second-order valence-corrected chi connectivity index (χ2v) is 4.49. The Balaban J connectivity index is 2.45. The summed E-state index contributed by atoms with van der Waals surface area (Å²) in [7, 11) is 0. The molecular weight excluding hydrogens is 226 g/mol. The Morgan fingerprint density at radius 1 is 1.28 bits per heavy atom. The number of nitrogens with zero attached hydrogens (tertiary/aromatic N) is 4. The summed E-state index contributed by atoms with van der Waals surface area (Å²) in [6, 6.07) is 6.27. The van der Waals surface area contributed by atoms with Gasteiger partial charge < -0.3 is 5.73 Å². The Kier molecular flexibility index (Phi) is 3.60. The minimum atomic E-state index is 0.331.